The predicted octanol–water partition coefficient (Wildman–Crippen LogP) is 1.20. The molecule has 2 fully saturated rings. The van der Waals surface area contributed by atoms with Crippen LogP contribution in [0.3, 0.4) is 0 Å². The minimum Gasteiger partial charge on any atom is -0.334 e. The molecule has 0 aromatic carbocycles. The molecule has 0 saturated carbocycles. The van der Waals surface area contributed by atoms with Gasteiger partial charge in [0.1, 0.15) is 0 Å². The SMILES string of the molecule is CCCC(N)C(=O)N1C2CCC1CN(CC)CC2. The van der Waals surface area contributed by atoms with E-state index in [1.54, 1.807) is 0 Å². The lowest BCUT2D eigenvalue weighted by Gasteiger charge is -2.31. The van der Waals surface area contributed by atoms with Crippen LogP contribution in [0.25, 0.3) is 0 Å². The lowest BCUT2D eigenvalue weighted by Crippen LogP contribution is -2.50. The Balaban J connectivity index is 2.05. The van der Waals surface area contributed by atoms with Gasteiger partial charge in [-0.15, -0.1) is 0 Å². The van der Waals surface area contributed by atoms with Gasteiger partial charge >= 0.3 is 0 Å². The molecule has 2 aliphatic heterocycles. The van der Waals surface area contributed by atoms with Crippen molar-refractivity contribution in [2.24, 2.45) is 5.73 Å². The second kappa shape index (κ2) is 6.02. The third-order valence-corrected chi connectivity index (χ3v) is 4.49. The van der Waals surface area contributed by atoms with E-state index in [2.05, 4.69) is 23.6 Å². The van der Waals surface area contributed by atoms with Crippen molar-refractivity contribution in [2.45, 2.75) is 64.1 Å². The Labute approximate surface area is 110 Å². The van der Waals surface area contributed by atoms with Gasteiger partial charge in [-0.3, -0.25) is 4.79 Å². The van der Waals surface area contributed by atoms with Crippen molar-refractivity contribution in [3.8, 4) is 0 Å². The summed E-state index contributed by atoms with van der Waals surface area (Å²) in [6.45, 7) is 7.55. The summed E-state index contributed by atoms with van der Waals surface area (Å²) in [4.78, 5) is 17.1. The Hall–Kier alpha value is -0.610. The number of rotatable bonds is 4. The zero-order chi connectivity index (χ0) is 13.1. The smallest absolute Gasteiger partial charge is 0.240 e. The molecule has 0 radical (unpaired) electrons. The number of carbonyl (C=O) groups is 1. The lowest BCUT2D eigenvalue weighted by molar-refractivity contribution is -0.135. The van der Waals surface area contributed by atoms with Gasteiger partial charge in [0.2, 0.25) is 5.91 Å². The maximum atomic E-state index is 12.5. The van der Waals surface area contributed by atoms with Crippen LogP contribution >= 0.6 is 0 Å². The van der Waals surface area contributed by atoms with E-state index in [4.69, 9.17) is 5.73 Å². The van der Waals surface area contributed by atoms with E-state index in [0.717, 1.165) is 45.3 Å². The molecule has 2 rings (SSSR count). The summed E-state index contributed by atoms with van der Waals surface area (Å²) in [5.41, 5.74) is 6.02. The molecule has 3 atom stereocenters. The number of nitrogens with two attached hydrogens (primary N) is 1. The highest BCUT2D eigenvalue weighted by Crippen LogP contribution is 2.30. The molecule has 2 aliphatic rings. The molecule has 2 heterocycles. The van der Waals surface area contributed by atoms with E-state index in [1.165, 1.54) is 6.42 Å². The maximum Gasteiger partial charge on any atom is 0.240 e. The molecule has 0 aromatic rings. The van der Waals surface area contributed by atoms with Crippen LogP contribution in [0, 0.1) is 0 Å². The summed E-state index contributed by atoms with van der Waals surface area (Å²) < 4.78 is 0. The zero-order valence-electron chi connectivity index (χ0n) is 11.8. The topological polar surface area (TPSA) is 49.6 Å². The number of hydrogen-bond acceptors (Lipinski definition) is 3. The number of carbonyl (C=O) groups excluding carboxylic acids is 1. The van der Waals surface area contributed by atoms with Gasteiger partial charge in [0.25, 0.3) is 0 Å². The highest BCUT2D eigenvalue weighted by Gasteiger charge is 2.40. The van der Waals surface area contributed by atoms with E-state index >= 15 is 0 Å². The first kappa shape index (κ1) is 13.8. The number of amides is 1. The molecule has 18 heavy (non-hydrogen) atoms. The molecular formula is C14H27N3O. The quantitative estimate of drug-likeness (QED) is 0.819. The molecule has 3 unspecified atom stereocenters. The van der Waals surface area contributed by atoms with Crippen LogP contribution in [-0.4, -0.2) is 53.5 Å². The number of likely N-dealkylation sites (N-methyl/N-ethyl adjacent to an activating group) is 1. The fourth-order valence-electron chi connectivity index (χ4n) is 3.42. The Morgan fingerprint density at radius 2 is 2.00 bits per heavy atom. The van der Waals surface area contributed by atoms with E-state index in [-0.39, 0.29) is 11.9 Å². The Morgan fingerprint density at radius 1 is 1.28 bits per heavy atom. The Bertz CT molecular complexity index is 295. The third kappa shape index (κ3) is 2.69. The fraction of sp³-hybridized carbons (Fsp3) is 0.929. The van der Waals surface area contributed by atoms with Crippen LogP contribution < -0.4 is 5.73 Å². The molecule has 1 amide bonds. The summed E-state index contributed by atoms with van der Waals surface area (Å²) in [7, 11) is 0. The highest BCUT2D eigenvalue weighted by molar-refractivity contribution is 5.82. The summed E-state index contributed by atoms with van der Waals surface area (Å²) in [5.74, 6) is 0.197. The van der Waals surface area contributed by atoms with E-state index in [0.29, 0.717) is 12.1 Å². The van der Waals surface area contributed by atoms with Crippen LogP contribution in [0.5, 0.6) is 0 Å². The molecule has 2 saturated heterocycles. The zero-order valence-corrected chi connectivity index (χ0v) is 11.8. The van der Waals surface area contributed by atoms with Gasteiger partial charge in [-0.25, -0.2) is 0 Å². The molecule has 4 heteroatoms. The van der Waals surface area contributed by atoms with Gasteiger partial charge in [0.05, 0.1) is 6.04 Å². The minimum absolute atomic E-state index is 0.197. The second-order valence-electron chi connectivity index (χ2n) is 5.71. The van der Waals surface area contributed by atoms with Gasteiger partial charge in [0, 0.05) is 25.2 Å². The Kier molecular flexibility index (Phi) is 4.62. The monoisotopic (exact) mass is 253 g/mol. The number of likely N-dealkylation sites (tertiary alicyclic amines) is 1. The molecular weight excluding hydrogens is 226 g/mol. The van der Waals surface area contributed by atoms with E-state index in [1.807, 2.05) is 0 Å². The van der Waals surface area contributed by atoms with Gasteiger partial charge in [-0.2, -0.15) is 0 Å². The van der Waals surface area contributed by atoms with Crippen LogP contribution in [0.2, 0.25) is 0 Å². The van der Waals surface area contributed by atoms with Crippen molar-refractivity contribution < 1.29 is 4.79 Å². The molecule has 2 N–H and O–H groups in total. The van der Waals surface area contributed by atoms with Crippen LogP contribution in [0.1, 0.15) is 46.0 Å². The lowest BCUT2D eigenvalue weighted by atomic mass is 10.1. The van der Waals surface area contributed by atoms with Gasteiger partial charge < -0.3 is 15.5 Å². The second-order valence-corrected chi connectivity index (χ2v) is 5.71. The minimum atomic E-state index is -0.286. The van der Waals surface area contributed by atoms with Crippen LogP contribution in [0.15, 0.2) is 0 Å². The largest absolute Gasteiger partial charge is 0.334 e. The number of nitrogens with zero attached hydrogens (tertiary/aromatic N) is 2. The fourth-order valence-corrected chi connectivity index (χ4v) is 3.42. The van der Waals surface area contributed by atoms with Gasteiger partial charge in [-0.05, 0) is 32.2 Å². The average molecular weight is 253 g/mol. The van der Waals surface area contributed by atoms with Crippen molar-refractivity contribution in [1.29, 1.82) is 0 Å². The molecule has 0 spiro atoms. The van der Waals surface area contributed by atoms with Crippen molar-refractivity contribution in [1.82, 2.24) is 9.80 Å². The average Bonchev–Trinajstić information content (AvgIpc) is 2.64. The van der Waals surface area contributed by atoms with Crippen molar-refractivity contribution in [3.05, 3.63) is 0 Å². The molecule has 0 aromatic heterocycles. The van der Waals surface area contributed by atoms with Gasteiger partial charge in [0.15, 0.2) is 0 Å². The number of fused-ring (bicyclic) bond motifs is 2. The first-order valence-corrected chi connectivity index (χ1v) is 7.47. The van der Waals surface area contributed by atoms with E-state index < -0.39 is 0 Å². The molecule has 0 aliphatic carbocycles. The standard InChI is InChI=1S/C14H27N3O/c1-3-5-13(15)14(18)17-11-6-7-12(17)10-16(4-2)9-8-11/h11-13H,3-10,15H2,1-2H3. The molecule has 104 valence electrons. The maximum absolute atomic E-state index is 12.5. The highest BCUT2D eigenvalue weighted by atomic mass is 16.2. The molecule has 4 nitrogen and oxygen atoms in total. The van der Waals surface area contributed by atoms with E-state index in [9.17, 15) is 4.79 Å². The van der Waals surface area contributed by atoms with Crippen molar-refractivity contribution >= 4 is 5.91 Å². The summed E-state index contributed by atoms with van der Waals surface area (Å²) in [6, 6.07) is 0.570. The normalized spacial score (nSPS) is 30.3. The Morgan fingerprint density at radius 3 is 2.67 bits per heavy atom. The first-order valence-electron chi connectivity index (χ1n) is 7.47. The summed E-state index contributed by atoms with van der Waals surface area (Å²) in [6.07, 6.45) is 5.25. The number of hydrogen-bond donors (Lipinski definition) is 1. The predicted molar refractivity (Wildman–Crippen MR) is 73.3 cm³/mol. The third-order valence-electron chi connectivity index (χ3n) is 4.49. The summed E-state index contributed by atoms with van der Waals surface area (Å²) >= 11 is 0. The van der Waals surface area contributed by atoms with Crippen LogP contribution in [-0.2, 0) is 4.79 Å². The summed E-state index contributed by atoms with van der Waals surface area (Å²) in [5, 5.41) is 0. The van der Waals surface area contributed by atoms with Gasteiger partial charge in [-0.1, -0.05) is 20.3 Å². The van der Waals surface area contributed by atoms with Crippen molar-refractivity contribution in [2.75, 3.05) is 19.6 Å². The molecule has 2 bridgehead atoms. The van der Waals surface area contributed by atoms with Crippen LogP contribution in [0.4, 0.5) is 0 Å². The van der Waals surface area contributed by atoms with Crippen molar-refractivity contribution in [3.63, 3.8) is 0 Å². The first-order chi connectivity index (χ1) is 8.67.